The highest BCUT2D eigenvalue weighted by Crippen LogP contribution is 2.32. The molecule has 136 valence electrons. The monoisotopic (exact) mass is 372 g/mol. The van der Waals surface area contributed by atoms with Crippen LogP contribution in [-0.4, -0.2) is 12.7 Å². The molecule has 2 aromatic rings. The van der Waals surface area contributed by atoms with Crippen LogP contribution in [0.5, 0.6) is 11.5 Å². The van der Waals surface area contributed by atoms with Gasteiger partial charge in [0, 0.05) is 6.08 Å². The van der Waals surface area contributed by atoms with E-state index in [1.165, 1.54) is 6.08 Å². The number of anilines is 1. The minimum absolute atomic E-state index is 0.0782. The van der Waals surface area contributed by atoms with E-state index >= 15 is 0 Å². The van der Waals surface area contributed by atoms with Crippen molar-refractivity contribution in [1.82, 2.24) is 5.43 Å². The number of hydrogen-bond acceptors (Lipinski definition) is 4. The number of nitrogens with one attached hydrogen (secondary N) is 2. The second-order valence-electron chi connectivity index (χ2n) is 5.01. The largest absolute Gasteiger partial charge is 0.454 e. The molecule has 1 amide bonds. The molecule has 0 unspecified atom stereocenters. The van der Waals surface area contributed by atoms with Crippen molar-refractivity contribution in [3.63, 3.8) is 0 Å². The molecule has 2 N–H and O–H groups in total. The van der Waals surface area contributed by atoms with Gasteiger partial charge in [-0.15, -0.1) is 0 Å². The van der Waals surface area contributed by atoms with Crippen LogP contribution >= 0.6 is 0 Å². The Labute approximate surface area is 143 Å². The van der Waals surface area contributed by atoms with E-state index in [9.17, 15) is 26.7 Å². The predicted octanol–water partition coefficient (Wildman–Crippen LogP) is 3.27. The van der Waals surface area contributed by atoms with E-state index in [4.69, 9.17) is 9.47 Å². The summed E-state index contributed by atoms with van der Waals surface area (Å²) in [5.41, 5.74) is 2.67. The Balaban J connectivity index is 1.68. The molecule has 10 heteroatoms. The number of rotatable bonds is 4. The molecule has 1 heterocycles. The van der Waals surface area contributed by atoms with Crippen LogP contribution in [0.25, 0.3) is 6.08 Å². The second kappa shape index (κ2) is 6.90. The molecule has 0 aromatic heterocycles. The van der Waals surface area contributed by atoms with Gasteiger partial charge in [-0.3, -0.25) is 15.6 Å². The maximum absolute atomic E-state index is 13.5. The summed E-state index contributed by atoms with van der Waals surface area (Å²) in [6.07, 6.45) is 2.33. The lowest BCUT2D eigenvalue weighted by molar-refractivity contribution is -0.116. The van der Waals surface area contributed by atoms with E-state index in [0.29, 0.717) is 17.1 Å². The molecule has 1 aliphatic rings. The summed E-state index contributed by atoms with van der Waals surface area (Å²) in [5.74, 6) is -10.6. The molecule has 0 bridgehead atoms. The van der Waals surface area contributed by atoms with Crippen LogP contribution in [0, 0.1) is 29.1 Å². The van der Waals surface area contributed by atoms with Crippen LogP contribution in [-0.2, 0) is 4.79 Å². The van der Waals surface area contributed by atoms with Gasteiger partial charge in [0.05, 0.1) is 0 Å². The van der Waals surface area contributed by atoms with E-state index in [1.807, 2.05) is 5.43 Å². The average Bonchev–Trinajstić information content (AvgIpc) is 3.11. The maximum atomic E-state index is 13.5. The Morgan fingerprint density at radius 3 is 2.23 bits per heavy atom. The van der Waals surface area contributed by atoms with E-state index in [2.05, 4.69) is 0 Å². The molecule has 1 aliphatic heterocycles. The minimum atomic E-state index is -2.29. The molecule has 0 fully saturated rings. The second-order valence-corrected chi connectivity index (χ2v) is 5.01. The zero-order chi connectivity index (χ0) is 18.8. The van der Waals surface area contributed by atoms with Crippen LogP contribution in [0.4, 0.5) is 27.6 Å². The highest BCUT2D eigenvalue weighted by molar-refractivity contribution is 5.92. The first-order valence-corrected chi connectivity index (χ1v) is 7.03. The molecule has 26 heavy (non-hydrogen) atoms. The zero-order valence-corrected chi connectivity index (χ0v) is 12.7. The molecule has 0 saturated carbocycles. The maximum Gasteiger partial charge on any atom is 0.262 e. The van der Waals surface area contributed by atoms with E-state index in [-0.39, 0.29) is 6.79 Å². The van der Waals surface area contributed by atoms with E-state index in [0.717, 1.165) is 6.08 Å². The number of ether oxygens (including phenoxy) is 2. The van der Waals surface area contributed by atoms with Gasteiger partial charge in [-0.25, -0.2) is 22.0 Å². The van der Waals surface area contributed by atoms with Gasteiger partial charge in [-0.1, -0.05) is 6.07 Å². The first kappa shape index (κ1) is 17.5. The van der Waals surface area contributed by atoms with Crippen molar-refractivity contribution in [2.45, 2.75) is 0 Å². The highest BCUT2D eigenvalue weighted by atomic mass is 19.2. The third-order valence-electron chi connectivity index (χ3n) is 3.34. The molecular weight excluding hydrogens is 363 g/mol. The van der Waals surface area contributed by atoms with Crippen molar-refractivity contribution >= 4 is 17.7 Å². The number of amides is 1. The zero-order valence-electron chi connectivity index (χ0n) is 12.7. The fraction of sp³-hybridized carbons (Fsp3) is 0.0625. The average molecular weight is 372 g/mol. The van der Waals surface area contributed by atoms with Crippen LogP contribution in [0.2, 0.25) is 0 Å². The molecule has 0 saturated heterocycles. The Kier molecular flexibility index (Phi) is 4.65. The van der Waals surface area contributed by atoms with Gasteiger partial charge in [-0.05, 0) is 23.8 Å². The van der Waals surface area contributed by atoms with Crippen molar-refractivity contribution < 1.29 is 36.2 Å². The van der Waals surface area contributed by atoms with Crippen molar-refractivity contribution in [2.75, 3.05) is 12.2 Å². The lowest BCUT2D eigenvalue weighted by Crippen LogP contribution is -2.29. The third kappa shape index (κ3) is 3.25. The molecule has 0 radical (unpaired) electrons. The highest BCUT2D eigenvalue weighted by Gasteiger charge is 2.25. The molecule has 0 spiro atoms. The smallest absolute Gasteiger partial charge is 0.262 e. The van der Waals surface area contributed by atoms with Gasteiger partial charge in [0.15, 0.2) is 34.8 Å². The van der Waals surface area contributed by atoms with Gasteiger partial charge < -0.3 is 9.47 Å². The molecule has 2 aromatic carbocycles. The van der Waals surface area contributed by atoms with E-state index in [1.54, 1.807) is 23.6 Å². The summed E-state index contributed by atoms with van der Waals surface area (Å²) < 4.78 is 76.2. The Morgan fingerprint density at radius 2 is 1.54 bits per heavy atom. The van der Waals surface area contributed by atoms with Gasteiger partial charge >= 0.3 is 0 Å². The van der Waals surface area contributed by atoms with E-state index < -0.39 is 40.7 Å². The number of hydrogen-bond donors (Lipinski definition) is 2. The fourth-order valence-corrected chi connectivity index (χ4v) is 2.07. The molecule has 5 nitrogen and oxygen atoms in total. The van der Waals surface area contributed by atoms with Crippen molar-refractivity contribution in [3.05, 3.63) is 58.9 Å². The topological polar surface area (TPSA) is 59.6 Å². The van der Waals surface area contributed by atoms with Gasteiger partial charge in [-0.2, -0.15) is 0 Å². The molecule has 3 rings (SSSR count). The molecular formula is C16H9F5N2O3. The SMILES string of the molecule is O=C(/C=C/c1ccc2c(c1)OCO2)NNc1c(F)c(F)c(F)c(F)c1F. The number of carbonyl (C=O) groups is 1. The fourth-order valence-electron chi connectivity index (χ4n) is 2.07. The van der Waals surface area contributed by atoms with Crippen LogP contribution in [0.15, 0.2) is 24.3 Å². The summed E-state index contributed by atoms with van der Waals surface area (Å²) in [7, 11) is 0. The van der Waals surface area contributed by atoms with Crippen molar-refractivity contribution in [1.29, 1.82) is 0 Å². The lowest BCUT2D eigenvalue weighted by Gasteiger charge is -2.10. The summed E-state index contributed by atoms with van der Waals surface area (Å²) in [6, 6.07) is 4.82. The molecule has 0 atom stereocenters. The predicted molar refractivity (Wildman–Crippen MR) is 79.6 cm³/mol. The number of halogens is 5. The number of fused-ring (bicyclic) bond motifs is 1. The first-order valence-electron chi connectivity index (χ1n) is 7.03. The number of hydrazine groups is 1. The van der Waals surface area contributed by atoms with Crippen LogP contribution in [0.1, 0.15) is 5.56 Å². The van der Waals surface area contributed by atoms with Crippen LogP contribution < -0.4 is 20.3 Å². The van der Waals surface area contributed by atoms with Crippen molar-refractivity contribution in [3.8, 4) is 11.5 Å². The van der Waals surface area contributed by atoms with Crippen LogP contribution in [0.3, 0.4) is 0 Å². The Morgan fingerprint density at radius 1 is 0.923 bits per heavy atom. The number of benzene rings is 2. The Hall–Kier alpha value is -3.30. The Bertz CT molecular complexity index is 888. The normalized spacial score (nSPS) is 12.5. The first-order chi connectivity index (χ1) is 12.4. The standard InChI is InChI=1S/C16H9F5N2O3/c17-11-12(18)14(20)16(15(21)13(11)19)23-22-10(24)4-2-7-1-3-8-9(5-7)26-6-25-8/h1-5,23H,6H2,(H,22,24)/b4-2+. The summed E-state index contributed by atoms with van der Waals surface area (Å²) >= 11 is 0. The molecule has 0 aliphatic carbocycles. The van der Waals surface area contributed by atoms with Gasteiger partial charge in [0.1, 0.15) is 5.69 Å². The van der Waals surface area contributed by atoms with Crippen molar-refractivity contribution in [2.24, 2.45) is 0 Å². The third-order valence-corrected chi connectivity index (χ3v) is 3.34. The number of carbonyl (C=O) groups excluding carboxylic acids is 1. The summed E-state index contributed by atoms with van der Waals surface area (Å²) in [6.45, 7) is 0.0782. The van der Waals surface area contributed by atoms with Gasteiger partial charge in [0.2, 0.25) is 12.6 Å². The van der Waals surface area contributed by atoms with Gasteiger partial charge in [0.25, 0.3) is 5.91 Å². The summed E-state index contributed by atoms with van der Waals surface area (Å²) in [5, 5.41) is 0. The minimum Gasteiger partial charge on any atom is -0.454 e. The quantitative estimate of drug-likeness (QED) is 0.284. The lowest BCUT2D eigenvalue weighted by atomic mass is 10.2. The summed E-state index contributed by atoms with van der Waals surface area (Å²) in [4.78, 5) is 11.7.